The molecular formula is C11H20N4O. The zero-order valence-electron chi connectivity index (χ0n) is 9.81. The van der Waals surface area contributed by atoms with Crippen molar-refractivity contribution in [1.82, 2.24) is 10.4 Å². The molecule has 0 aliphatic carbocycles. The van der Waals surface area contributed by atoms with Gasteiger partial charge >= 0.3 is 0 Å². The summed E-state index contributed by atoms with van der Waals surface area (Å²) in [7, 11) is 1.69. The summed E-state index contributed by atoms with van der Waals surface area (Å²) in [5.74, 6) is 6.06. The smallest absolute Gasteiger partial charge is 0.123 e. The summed E-state index contributed by atoms with van der Waals surface area (Å²) in [5, 5.41) is 0. The molecule has 1 aromatic heterocycles. The van der Waals surface area contributed by atoms with Crippen LogP contribution in [0, 0.1) is 0 Å². The van der Waals surface area contributed by atoms with E-state index in [1.165, 1.54) is 0 Å². The summed E-state index contributed by atoms with van der Waals surface area (Å²) >= 11 is 0. The normalized spacial score (nSPS) is 14.7. The van der Waals surface area contributed by atoms with Gasteiger partial charge in [0.2, 0.25) is 0 Å². The molecule has 0 aliphatic heterocycles. The molecule has 1 aromatic rings. The second-order valence-electron chi connectivity index (χ2n) is 3.75. The van der Waals surface area contributed by atoms with Crippen molar-refractivity contribution in [1.29, 1.82) is 0 Å². The maximum Gasteiger partial charge on any atom is 0.123 e. The first-order valence-electron chi connectivity index (χ1n) is 5.40. The lowest BCUT2D eigenvalue weighted by Gasteiger charge is -2.24. The van der Waals surface area contributed by atoms with E-state index >= 15 is 0 Å². The lowest BCUT2D eigenvalue weighted by atomic mass is 10.0. The number of methoxy groups -OCH3 is 1. The van der Waals surface area contributed by atoms with Crippen molar-refractivity contribution < 1.29 is 4.74 Å². The number of nitrogens with one attached hydrogen (secondary N) is 1. The van der Waals surface area contributed by atoms with Gasteiger partial charge in [0, 0.05) is 13.3 Å². The molecule has 5 N–H and O–H groups in total. The highest BCUT2D eigenvalue weighted by molar-refractivity contribution is 5.32. The predicted octanol–water partition coefficient (Wildman–Crippen LogP) is 0.463. The van der Waals surface area contributed by atoms with E-state index in [4.69, 9.17) is 16.3 Å². The molecular weight excluding hydrogens is 204 g/mol. The van der Waals surface area contributed by atoms with Gasteiger partial charge in [-0.05, 0) is 30.5 Å². The van der Waals surface area contributed by atoms with Gasteiger partial charge in [0.15, 0.2) is 0 Å². The maximum atomic E-state index is 5.62. The minimum absolute atomic E-state index is 0.0804. The number of aromatic nitrogens is 1. The second-order valence-corrected chi connectivity index (χ2v) is 3.75. The van der Waals surface area contributed by atoms with E-state index in [2.05, 4.69) is 17.3 Å². The number of nitrogen functional groups attached to an aromatic ring is 1. The third-order valence-electron chi connectivity index (χ3n) is 2.67. The molecule has 5 heteroatoms. The van der Waals surface area contributed by atoms with E-state index in [0.717, 1.165) is 18.4 Å². The Bertz CT molecular complexity index is 315. The third kappa shape index (κ3) is 3.44. The van der Waals surface area contributed by atoms with E-state index in [1.807, 2.05) is 12.1 Å². The van der Waals surface area contributed by atoms with Gasteiger partial charge in [0.1, 0.15) is 5.82 Å². The maximum absolute atomic E-state index is 5.62. The number of ether oxygens (including phenoxy) is 1. The van der Waals surface area contributed by atoms with Gasteiger partial charge in [-0.25, -0.2) is 4.98 Å². The quantitative estimate of drug-likeness (QED) is 0.483. The highest BCUT2D eigenvalue weighted by atomic mass is 16.5. The van der Waals surface area contributed by atoms with Crippen LogP contribution in [0.4, 0.5) is 5.82 Å². The topological polar surface area (TPSA) is 86.2 Å². The Hall–Kier alpha value is -1.17. The molecule has 0 aromatic carbocycles. The van der Waals surface area contributed by atoms with Gasteiger partial charge in [-0.2, -0.15) is 0 Å². The Kier molecular flexibility index (Phi) is 5.18. The van der Waals surface area contributed by atoms with Crippen LogP contribution in [0.2, 0.25) is 0 Å². The molecule has 5 nitrogen and oxygen atoms in total. The van der Waals surface area contributed by atoms with Crippen LogP contribution in [0.1, 0.15) is 18.9 Å². The van der Waals surface area contributed by atoms with Crippen LogP contribution in [0.25, 0.3) is 0 Å². The standard InChI is InChI=1S/C11H20N4O/c1-3-10(16-2)9(15-13)6-8-4-5-14-11(12)7-8/h4-5,7,9-10,15H,3,6,13H2,1-2H3,(H2,12,14). The molecule has 1 heterocycles. The van der Waals surface area contributed by atoms with E-state index < -0.39 is 0 Å². The zero-order valence-corrected chi connectivity index (χ0v) is 9.81. The molecule has 0 saturated carbocycles. The van der Waals surface area contributed by atoms with Crippen LogP contribution in [0.5, 0.6) is 0 Å². The average Bonchev–Trinajstić information content (AvgIpc) is 2.29. The Balaban J connectivity index is 2.69. The summed E-state index contributed by atoms with van der Waals surface area (Å²) in [6.07, 6.45) is 3.48. The molecule has 0 fully saturated rings. The van der Waals surface area contributed by atoms with Crippen molar-refractivity contribution in [3.63, 3.8) is 0 Å². The first kappa shape index (κ1) is 12.9. The van der Waals surface area contributed by atoms with Gasteiger partial charge in [0.25, 0.3) is 0 Å². The average molecular weight is 224 g/mol. The Morgan fingerprint density at radius 3 is 2.81 bits per heavy atom. The van der Waals surface area contributed by atoms with Gasteiger partial charge in [-0.3, -0.25) is 11.3 Å². The van der Waals surface area contributed by atoms with Crippen LogP contribution in [-0.2, 0) is 11.2 Å². The molecule has 1 rings (SSSR count). The SMILES string of the molecule is CCC(OC)C(Cc1ccnc(N)c1)NN. The van der Waals surface area contributed by atoms with Crippen LogP contribution >= 0.6 is 0 Å². The Morgan fingerprint density at radius 2 is 2.31 bits per heavy atom. The summed E-state index contributed by atoms with van der Waals surface area (Å²) < 4.78 is 5.37. The number of hydrogen-bond donors (Lipinski definition) is 3. The lowest BCUT2D eigenvalue weighted by Crippen LogP contribution is -2.46. The van der Waals surface area contributed by atoms with Crippen molar-refractivity contribution in [3.05, 3.63) is 23.9 Å². The van der Waals surface area contributed by atoms with Crippen LogP contribution in [0.15, 0.2) is 18.3 Å². The molecule has 0 aliphatic rings. The molecule has 0 amide bonds. The molecule has 2 unspecified atom stereocenters. The molecule has 0 radical (unpaired) electrons. The first-order valence-corrected chi connectivity index (χ1v) is 5.40. The van der Waals surface area contributed by atoms with Crippen LogP contribution in [-0.4, -0.2) is 24.2 Å². The molecule has 0 spiro atoms. The minimum atomic E-state index is 0.0804. The first-order chi connectivity index (χ1) is 7.71. The number of hydrogen-bond acceptors (Lipinski definition) is 5. The number of anilines is 1. The van der Waals surface area contributed by atoms with E-state index in [0.29, 0.717) is 5.82 Å². The Labute approximate surface area is 96.2 Å². The highest BCUT2D eigenvalue weighted by Crippen LogP contribution is 2.11. The van der Waals surface area contributed by atoms with E-state index in [1.54, 1.807) is 13.3 Å². The molecule has 90 valence electrons. The highest BCUT2D eigenvalue weighted by Gasteiger charge is 2.18. The van der Waals surface area contributed by atoms with Crippen molar-refractivity contribution in [3.8, 4) is 0 Å². The molecule has 2 atom stereocenters. The zero-order chi connectivity index (χ0) is 12.0. The largest absolute Gasteiger partial charge is 0.384 e. The molecule has 16 heavy (non-hydrogen) atoms. The monoisotopic (exact) mass is 224 g/mol. The number of nitrogens with two attached hydrogens (primary N) is 2. The predicted molar refractivity (Wildman–Crippen MR) is 64.6 cm³/mol. The van der Waals surface area contributed by atoms with Crippen molar-refractivity contribution in [2.24, 2.45) is 5.84 Å². The summed E-state index contributed by atoms with van der Waals surface area (Å²) in [4.78, 5) is 3.95. The number of pyridine rings is 1. The van der Waals surface area contributed by atoms with Crippen LogP contribution in [0.3, 0.4) is 0 Å². The summed E-state index contributed by atoms with van der Waals surface area (Å²) in [6, 6.07) is 3.87. The van der Waals surface area contributed by atoms with Gasteiger partial charge < -0.3 is 10.5 Å². The lowest BCUT2D eigenvalue weighted by molar-refractivity contribution is 0.0653. The van der Waals surface area contributed by atoms with E-state index in [9.17, 15) is 0 Å². The Morgan fingerprint density at radius 1 is 1.56 bits per heavy atom. The van der Waals surface area contributed by atoms with Gasteiger partial charge in [0.05, 0.1) is 12.1 Å². The van der Waals surface area contributed by atoms with Crippen LogP contribution < -0.4 is 17.0 Å². The third-order valence-corrected chi connectivity index (χ3v) is 2.67. The minimum Gasteiger partial charge on any atom is -0.384 e. The molecule has 0 saturated heterocycles. The fourth-order valence-corrected chi connectivity index (χ4v) is 1.79. The van der Waals surface area contributed by atoms with Crippen molar-refractivity contribution in [2.45, 2.75) is 31.9 Å². The second kappa shape index (κ2) is 6.42. The van der Waals surface area contributed by atoms with Gasteiger partial charge in [-0.1, -0.05) is 6.92 Å². The number of nitrogens with zero attached hydrogens (tertiary/aromatic N) is 1. The summed E-state index contributed by atoms with van der Waals surface area (Å²) in [6.45, 7) is 2.07. The van der Waals surface area contributed by atoms with E-state index in [-0.39, 0.29) is 12.1 Å². The fourth-order valence-electron chi connectivity index (χ4n) is 1.79. The number of rotatable bonds is 6. The van der Waals surface area contributed by atoms with Crippen molar-refractivity contribution in [2.75, 3.05) is 12.8 Å². The number of hydrazine groups is 1. The fraction of sp³-hybridized carbons (Fsp3) is 0.545. The van der Waals surface area contributed by atoms with Gasteiger partial charge in [-0.15, -0.1) is 0 Å². The molecule has 0 bridgehead atoms. The summed E-state index contributed by atoms with van der Waals surface area (Å²) in [5.41, 5.74) is 9.51. The van der Waals surface area contributed by atoms with Crippen molar-refractivity contribution >= 4 is 5.82 Å².